The molecule has 5 rings (SSSR count). The Balaban J connectivity index is 1.78. The SMILES string of the molecule is COc1ccccc1-c1nc(N2CCCCC2)nc2c1C(=O)c1ccccc1-2. The highest BCUT2D eigenvalue weighted by atomic mass is 16.5. The first-order chi connectivity index (χ1) is 13.8. The fourth-order valence-electron chi connectivity index (χ4n) is 4.15. The Bertz CT molecular complexity index is 1070. The first-order valence-electron chi connectivity index (χ1n) is 9.72. The number of ether oxygens (including phenoxy) is 1. The smallest absolute Gasteiger partial charge is 0.226 e. The number of benzene rings is 2. The van der Waals surface area contributed by atoms with E-state index in [-0.39, 0.29) is 5.78 Å². The van der Waals surface area contributed by atoms with Gasteiger partial charge in [-0.1, -0.05) is 36.4 Å². The predicted molar refractivity (Wildman–Crippen MR) is 109 cm³/mol. The van der Waals surface area contributed by atoms with Gasteiger partial charge in [-0.3, -0.25) is 4.79 Å². The van der Waals surface area contributed by atoms with Gasteiger partial charge in [0.15, 0.2) is 5.78 Å². The topological polar surface area (TPSA) is 55.3 Å². The number of ketones is 1. The summed E-state index contributed by atoms with van der Waals surface area (Å²) in [7, 11) is 1.64. The van der Waals surface area contributed by atoms with Gasteiger partial charge in [0.25, 0.3) is 0 Å². The lowest BCUT2D eigenvalue weighted by Gasteiger charge is -2.27. The molecule has 2 aliphatic rings. The predicted octanol–water partition coefficient (Wildman–Crippen LogP) is 4.35. The standard InChI is InChI=1S/C23H21N3O2/c1-28-18-12-6-5-11-17(18)21-19-20(15-9-3-4-10-16(15)22(19)27)24-23(25-21)26-13-7-2-8-14-26/h3-6,9-12H,2,7-8,13-14H2,1H3. The molecule has 1 saturated heterocycles. The lowest BCUT2D eigenvalue weighted by atomic mass is 10.0. The van der Waals surface area contributed by atoms with E-state index in [1.54, 1.807) is 7.11 Å². The van der Waals surface area contributed by atoms with Crippen LogP contribution in [0.1, 0.15) is 35.2 Å². The molecule has 1 fully saturated rings. The number of hydrogen-bond acceptors (Lipinski definition) is 5. The van der Waals surface area contributed by atoms with Crippen LogP contribution in [0, 0.1) is 0 Å². The van der Waals surface area contributed by atoms with Crippen molar-refractivity contribution in [1.29, 1.82) is 0 Å². The molecular weight excluding hydrogens is 350 g/mol. The Morgan fingerprint density at radius 1 is 0.821 bits per heavy atom. The summed E-state index contributed by atoms with van der Waals surface area (Å²) in [5, 5.41) is 0. The van der Waals surface area contributed by atoms with Crippen LogP contribution in [0.25, 0.3) is 22.5 Å². The van der Waals surface area contributed by atoms with Gasteiger partial charge < -0.3 is 9.64 Å². The third-order valence-corrected chi connectivity index (χ3v) is 5.55. The molecular formula is C23H21N3O2. The van der Waals surface area contributed by atoms with Gasteiger partial charge in [0.2, 0.25) is 5.95 Å². The van der Waals surface area contributed by atoms with Crippen LogP contribution in [0.5, 0.6) is 5.75 Å². The first-order valence-corrected chi connectivity index (χ1v) is 9.72. The Hall–Kier alpha value is -3.21. The molecule has 1 aliphatic carbocycles. The van der Waals surface area contributed by atoms with Crippen molar-refractivity contribution >= 4 is 11.7 Å². The third kappa shape index (κ3) is 2.58. The molecule has 0 saturated carbocycles. The van der Waals surface area contributed by atoms with Gasteiger partial charge in [0.05, 0.1) is 24.1 Å². The average Bonchev–Trinajstić information content (AvgIpc) is 3.06. The zero-order chi connectivity index (χ0) is 19.1. The summed E-state index contributed by atoms with van der Waals surface area (Å²) in [6, 6.07) is 15.4. The maximum atomic E-state index is 13.2. The van der Waals surface area contributed by atoms with Crippen molar-refractivity contribution < 1.29 is 9.53 Å². The van der Waals surface area contributed by atoms with Crippen molar-refractivity contribution in [2.75, 3.05) is 25.1 Å². The van der Waals surface area contributed by atoms with Crippen LogP contribution >= 0.6 is 0 Å². The summed E-state index contributed by atoms with van der Waals surface area (Å²) in [4.78, 5) is 25.2. The molecule has 1 aromatic heterocycles. The van der Waals surface area contributed by atoms with Crippen molar-refractivity contribution in [3.05, 3.63) is 59.7 Å². The van der Waals surface area contributed by atoms with Crippen molar-refractivity contribution in [2.45, 2.75) is 19.3 Å². The van der Waals surface area contributed by atoms with Gasteiger partial charge in [-0.05, 0) is 31.4 Å². The van der Waals surface area contributed by atoms with E-state index >= 15 is 0 Å². The maximum Gasteiger partial charge on any atom is 0.226 e. The highest BCUT2D eigenvalue weighted by molar-refractivity contribution is 6.23. The number of carbonyl (C=O) groups excluding carboxylic acids is 1. The molecule has 3 aromatic rings. The molecule has 28 heavy (non-hydrogen) atoms. The van der Waals surface area contributed by atoms with Crippen LogP contribution in [-0.4, -0.2) is 36.0 Å². The van der Waals surface area contributed by atoms with Crippen LogP contribution in [0.15, 0.2) is 48.5 Å². The van der Waals surface area contributed by atoms with E-state index < -0.39 is 0 Å². The highest BCUT2D eigenvalue weighted by Crippen LogP contribution is 2.42. The minimum Gasteiger partial charge on any atom is -0.496 e. The Kier molecular flexibility index (Phi) is 4.08. The summed E-state index contributed by atoms with van der Waals surface area (Å²) in [5.41, 5.74) is 4.37. The summed E-state index contributed by atoms with van der Waals surface area (Å²) in [6.07, 6.45) is 3.52. The van der Waals surface area contributed by atoms with Gasteiger partial charge in [-0.15, -0.1) is 0 Å². The zero-order valence-corrected chi connectivity index (χ0v) is 15.8. The van der Waals surface area contributed by atoms with Crippen molar-refractivity contribution in [1.82, 2.24) is 9.97 Å². The van der Waals surface area contributed by atoms with Gasteiger partial charge >= 0.3 is 0 Å². The molecule has 2 heterocycles. The van der Waals surface area contributed by atoms with Crippen LogP contribution in [-0.2, 0) is 0 Å². The summed E-state index contributed by atoms with van der Waals surface area (Å²) < 4.78 is 5.57. The number of anilines is 1. The van der Waals surface area contributed by atoms with Gasteiger partial charge in [-0.25, -0.2) is 9.97 Å². The molecule has 0 spiro atoms. The van der Waals surface area contributed by atoms with E-state index in [0.29, 0.717) is 28.5 Å². The number of rotatable bonds is 3. The molecule has 0 atom stereocenters. The number of fused-ring (bicyclic) bond motifs is 3. The Morgan fingerprint density at radius 2 is 1.43 bits per heavy atom. The van der Waals surface area contributed by atoms with E-state index in [1.807, 2.05) is 48.5 Å². The average molecular weight is 371 g/mol. The number of para-hydroxylation sites is 1. The molecule has 5 nitrogen and oxygen atoms in total. The van der Waals surface area contributed by atoms with Crippen molar-refractivity contribution in [2.24, 2.45) is 0 Å². The Morgan fingerprint density at radius 3 is 2.14 bits per heavy atom. The van der Waals surface area contributed by atoms with Gasteiger partial charge in [-0.2, -0.15) is 0 Å². The zero-order valence-electron chi connectivity index (χ0n) is 15.8. The second-order valence-corrected chi connectivity index (χ2v) is 7.22. The molecule has 2 aromatic carbocycles. The second-order valence-electron chi connectivity index (χ2n) is 7.22. The van der Waals surface area contributed by atoms with Crippen LogP contribution in [0.2, 0.25) is 0 Å². The number of methoxy groups -OCH3 is 1. The molecule has 0 amide bonds. The van der Waals surface area contributed by atoms with Gasteiger partial charge in [0, 0.05) is 29.8 Å². The lowest BCUT2D eigenvalue weighted by Crippen LogP contribution is -2.31. The lowest BCUT2D eigenvalue weighted by molar-refractivity contribution is 0.104. The fraction of sp³-hybridized carbons (Fsp3) is 0.261. The molecule has 0 bridgehead atoms. The molecule has 0 radical (unpaired) electrons. The minimum atomic E-state index is -0.0169. The van der Waals surface area contributed by atoms with E-state index in [9.17, 15) is 4.79 Å². The molecule has 5 heteroatoms. The Labute approximate surface area is 164 Å². The third-order valence-electron chi connectivity index (χ3n) is 5.55. The van der Waals surface area contributed by atoms with E-state index in [2.05, 4.69) is 4.90 Å². The van der Waals surface area contributed by atoms with E-state index in [0.717, 1.165) is 42.8 Å². The van der Waals surface area contributed by atoms with Gasteiger partial charge in [0.1, 0.15) is 5.75 Å². The molecule has 140 valence electrons. The van der Waals surface area contributed by atoms with E-state index in [4.69, 9.17) is 14.7 Å². The first kappa shape index (κ1) is 16.9. The normalized spacial score (nSPS) is 15.3. The second kappa shape index (κ2) is 6.75. The quantitative estimate of drug-likeness (QED) is 0.536. The minimum absolute atomic E-state index is 0.0169. The summed E-state index contributed by atoms with van der Waals surface area (Å²) in [5.74, 6) is 1.39. The van der Waals surface area contributed by atoms with Crippen LogP contribution in [0.4, 0.5) is 5.95 Å². The van der Waals surface area contributed by atoms with Crippen LogP contribution in [0.3, 0.4) is 0 Å². The number of nitrogens with zero attached hydrogens (tertiary/aromatic N) is 3. The number of carbonyl (C=O) groups is 1. The number of piperidine rings is 1. The molecule has 0 unspecified atom stereocenters. The number of aromatic nitrogens is 2. The largest absolute Gasteiger partial charge is 0.496 e. The van der Waals surface area contributed by atoms with Crippen molar-refractivity contribution in [3.8, 4) is 28.3 Å². The molecule has 1 aliphatic heterocycles. The summed E-state index contributed by atoms with van der Waals surface area (Å²) >= 11 is 0. The van der Waals surface area contributed by atoms with Crippen LogP contribution < -0.4 is 9.64 Å². The highest BCUT2D eigenvalue weighted by Gasteiger charge is 2.34. The van der Waals surface area contributed by atoms with E-state index in [1.165, 1.54) is 6.42 Å². The molecule has 0 N–H and O–H groups in total. The monoisotopic (exact) mass is 371 g/mol. The fourth-order valence-corrected chi connectivity index (χ4v) is 4.15. The summed E-state index contributed by atoms with van der Waals surface area (Å²) in [6.45, 7) is 1.89. The maximum absolute atomic E-state index is 13.2. The number of hydrogen-bond donors (Lipinski definition) is 0. The van der Waals surface area contributed by atoms with Crippen molar-refractivity contribution in [3.63, 3.8) is 0 Å².